The van der Waals surface area contributed by atoms with Gasteiger partial charge in [0, 0.05) is 25.2 Å². The molecule has 0 radical (unpaired) electrons. The molecular formula is C17H18FN5O3. The van der Waals surface area contributed by atoms with Gasteiger partial charge in [-0.2, -0.15) is 0 Å². The minimum absolute atomic E-state index is 0.0253. The number of anilines is 1. The topological polar surface area (TPSA) is 117 Å². The molecule has 26 heavy (non-hydrogen) atoms. The predicted molar refractivity (Wildman–Crippen MR) is 90.7 cm³/mol. The highest BCUT2D eigenvalue weighted by Gasteiger charge is 2.47. The summed E-state index contributed by atoms with van der Waals surface area (Å²) in [6.07, 6.45) is 0.697. The number of aliphatic imine (C=N–C) groups is 1. The van der Waals surface area contributed by atoms with Gasteiger partial charge in [-0.3, -0.25) is 19.7 Å². The molecule has 136 valence electrons. The lowest BCUT2D eigenvalue weighted by Gasteiger charge is -2.38. The summed E-state index contributed by atoms with van der Waals surface area (Å²) in [4.78, 5) is 42.8. The number of guanidine groups is 1. The monoisotopic (exact) mass is 359 g/mol. The molecule has 1 fully saturated rings. The minimum Gasteiger partial charge on any atom is -0.370 e. The van der Waals surface area contributed by atoms with Crippen LogP contribution in [0.2, 0.25) is 0 Å². The van der Waals surface area contributed by atoms with Crippen LogP contribution in [0.3, 0.4) is 0 Å². The number of nitrogens with one attached hydrogen (secondary N) is 2. The summed E-state index contributed by atoms with van der Waals surface area (Å²) in [6, 6.07) is 4.00. The second kappa shape index (κ2) is 5.79. The number of fused-ring (bicyclic) bond motifs is 1. The first kappa shape index (κ1) is 16.5. The largest absolute Gasteiger partial charge is 0.370 e. The Kier molecular flexibility index (Phi) is 3.67. The molecule has 3 aliphatic heterocycles. The van der Waals surface area contributed by atoms with Crippen LogP contribution < -0.4 is 16.4 Å². The fraction of sp³-hybridized carbons (Fsp3) is 0.412. The summed E-state index contributed by atoms with van der Waals surface area (Å²) in [7, 11) is 0. The molecule has 1 unspecified atom stereocenters. The number of carbonyl (C=O) groups is 3. The number of hydrogen-bond donors (Lipinski definition) is 3. The molecule has 1 aromatic carbocycles. The summed E-state index contributed by atoms with van der Waals surface area (Å²) < 4.78 is 13.6. The van der Waals surface area contributed by atoms with E-state index in [4.69, 9.17) is 5.73 Å². The lowest BCUT2D eigenvalue weighted by molar-refractivity contribution is -0.138. The average Bonchev–Trinajstić information content (AvgIpc) is 2.88. The summed E-state index contributed by atoms with van der Waals surface area (Å²) in [5, 5.41) is 5.16. The predicted octanol–water partition coefficient (Wildman–Crippen LogP) is 0.0572. The van der Waals surface area contributed by atoms with Crippen LogP contribution in [-0.2, 0) is 14.4 Å². The highest BCUT2D eigenvalue weighted by atomic mass is 19.1. The smallest absolute Gasteiger partial charge is 0.254 e. The molecule has 3 aliphatic rings. The maximum Gasteiger partial charge on any atom is 0.254 e. The molecule has 3 amide bonds. The Labute approximate surface area is 148 Å². The molecule has 4 rings (SSSR count). The van der Waals surface area contributed by atoms with Crippen molar-refractivity contribution in [3.63, 3.8) is 0 Å². The molecule has 0 aliphatic carbocycles. The van der Waals surface area contributed by atoms with Crippen LogP contribution >= 0.6 is 0 Å². The van der Waals surface area contributed by atoms with Gasteiger partial charge in [-0.15, -0.1) is 0 Å². The molecule has 9 heteroatoms. The Morgan fingerprint density at radius 1 is 1.27 bits per heavy atom. The van der Waals surface area contributed by atoms with Gasteiger partial charge in [-0.1, -0.05) is 0 Å². The highest BCUT2D eigenvalue weighted by Crippen LogP contribution is 2.36. The van der Waals surface area contributed by atoms with Gasteiger partial charge in [-0.05, 0) is 36.6 Å². The summed E-state index contributed by atoms with van der Waals surface area (Å²) in [5.74, 6) is -1.84. The van der Waals surface area contributed by atoms with Crippen LogP contribution in [0.4, 0.5) is 10.1 Å². The van der Waals surface area contributed by atoms with Crippen molar-refractivity contribution in [1.29, 1.82) is 0 Å². The van der Waals surface area contributed by atoms with E-state index in [9.17, 15) is 18.8 Å². The number of nitrogens with zero attached hydrogens (tertiary/aromatic N) is 2. The van der Waals surface area contributed by atoms with Crippen LogP contribution in [0.1, 0.15) is 30.7 Å². The van der Waals surface area contributed by atoms with Crippen molar-refractivity contribution < 1.29 is 18.8 Å². The molecular weight excluding hydrogens is 341 g/mol. The third kappa shape index (κ3) is 2.59. The van der Waals surface area contributed by atoms with Crippen molar-refractivity contribution in [2.45, 2.75) is 30.7 Å². The molecule has 0 saturated carbocycles. The maximum absolute atomic E-state index is 13.6. The van der Waals surface area contributed by atoms with Crippen LogP contribution in [0.5, 0.6) is 0 Å². The van der Waals surface area contributed by atoms with Gasteiger partial charge in [-0.25, -0.2) is 9.38 Å². The van der Waals surface area contributed by atoms with E-state index in [0.717, 1.165) is 0 Å². The zero-order valence-corrected chi connectivity index (χ0v) is 13.9. The molecule has 3 heterocycles. The van der Waals surface area contributed by atoms with Crippen LogP contribution in [0.25, 0.3) is 0 Å². The van der Waals surface area contributed by atoms with Crippen molar-refractivity contribution in [3.8, 4) is 0 Å². The zero-order valence-electron chi connectivity index (χ0n) is 13.9. The third-order valence-electron chi connectivity index (χ3n) is 5.25. The average molecular weight is 359 g/mol. The fourth-order valence-electron chi connectivity index (χ4n) is 3.85. The van der Waals surface area contributed by atoms with Gasteiger partial charge in [0.2, 0.25) is 11.8 Å². The number of likely N-dealkylation sites (tertiary alicyclic amines) is 1. The third-order valence-corrected chi connectivity index (χ3v) is 5.25. The maximum atomic E-state index is 13.6. The zero-order chi connectivity index (χ0) is 18.5. The number of benzene rings is 1. The van der Waals surface area contributed by atoms with E-state index in [1.807, 2.05) is 0 Å². The van der Waals surface area contributed by atoms with Crippen LogP contribution in [-0.4, -0.2) is 47.2 Å². The van der Waals surface area contributed by atoms with E-state index in [2.05, 4.69) is 15.6 Å². The molecule has 1 aromatic rings. The van der Waals surface area contributed by atoms with Gasteiger partial charge >= 0.3 is 0 Å². The van der Waals surface area contributed by atoms with Gasteiger partial charge < -0.3 is 16.0 Å². The molecule has 1 atom stereocenters. The molecule has 1 spiro atoms. The van der Waals surface area contributed by atoms with Gasteiger partial charge in [0.1, 0.15) is 11.4 Å². The van der Waals surface area contributed by atoms with E-state index >= 15 is 0 Å². The Morgan fingerprint density at radius 3 is 2.65 bits per heavy atom. The SMILES string of the molecule is NC1=NC2(CCN(C(=O)C3CC(=O)Nc4ccc(F)cc43)CC2)C(=O)N1. The molecule has 0 aromatic heterocycles. The van der Waals surface area contributed by atoms with Crippen molar-refractivity contribution in [1.82, 2.24) is 10.2 Å². The van der Waals surface area contributed by atoms with Crippen molar-refractivity contribution >= 4 is 29.4 Å². The van der Waals surface area contributed by atoms with E-state index in [-0.39, 0.29) is 30.1 Å². The normalized spacial score (nSPS) is 24.0. The van der Waals surface area contributed by atoms with E-state index in [0.29, 0.717) is 37.2 Å². The van der Waals surface area contributed by atoms with E-state index in [1.165, 1.54) is 18.2 Å². The molecule has 8 nitrogen and oxygen atoms in total. The number of carbonyl (C=O) groups excluding carboxylic acids is 3. The first-order chi connectivity index (χ1) is 12.4. The standard InChI is InChI=1S/C17H18FN5O3/c18-9-1-2-12-10(7-9)11(8-13(24)20-12)14(25)23-5-3-17(4-6-23)15(26)21-16(19)22-17/h1-2,7,11H,3-6,8H2,(H,20,24)(H3,19,21,22,26). The van der Waals surface area contributed by atoms with E-state index < -0.39 is 17.3 Å². The number of hydrogen-bond acceptors (Lipinski definition) is 5. The van der Waals surface area contributed by atoms with Crippen LogP contribution in [0.15, 0.2) is 23.2 Å². The van der Waals surface area contributed by atoms with Crippen molar-refractivity contribution in [2.75, 3.05) is 18.4 Å². The Balaban J connectivity index is 1.54. The number of halogens is 1. The van der Waals surface area contributed by atoms with Gasteiger partial charge in [0.25, 0.3) is 5.91 Å². The minimum atomic E-state index is -0.908. The molecule has 4 N–H and O–H groups in total. The van der Waals surface area contributed by atoms with Gasteiger partial charge in [0.05, 0.1) is 5.92 Å². The summed E-state index contributed by atoms with van der Waals surface area (Å²) in [5.41, 5.74) is 5.62. The molecule has 1 saturated heterocycles. The second-order valence-corrected chi connectivity index (χ2v) is 6.84. The summed E-state index contributed by atoms with van der Waals surface area (Å²) in [6.45, 7) is 0.650. The number of rotatable bonds is 1. The number of amides is 3. The van der Waals surface area contributed by atoms with Crippen molar-refractivity contribution in [2.24, 2.45) is 10.7 Å². The Hall–Kier alpha value is -2.97. The second-order valence-electron chi connectivity index (χ2n) is 6.84. The van der Waals surface area contributed by atoms with Crippen molar-refractivity contribution in [3.05, 3.63) is 29.6 Å². The highest BCUT2D eigenvalue weighted by molar-refractivity contribution is 6.07. The van der Waals surface area contributed by atoms with Gasteiger partial charge in [0.15, 0.2) is 5.96 Å². The fourth-order valence-corrected chi connectivity index (χ4v) is 3.85. The first-order valence-corrected chi connectivity index (χ1v) is 8.43. The molecule has 0 bridgehead atoms. The quantitative estimate of drug-likeness (QED) is 0.657. The first-order valence-electron chi connectivity index (χ1n) is 8.43. The number of nitrogens with two attached hydrogens (primary N) is 1. The van der Waals surface area contributed by atoms with E-state index in [1.54, 1.807) is 4.90 Å². The number of piperidine rings is 1. The lowest BCUT2D eigenvalue weighted by Crippen LogP contribution is -2.51. The lowest BCUT2D eigenvalue weighted by atomic mass is 9.85. The summed E-state index contributed by atoms with van der Waals surface area (Å²) >= 11 is 0. The van der Waals surface area contributed by atoms with Crippen LogP contribution in [0, 0.1) is 5.82 Å². The Bertz CT molecular complexity index is 845. The Morgan fingerprint density at radius 2 is 2.00 bits per heavy atom.